The van der Waals surface area contributed by atoms with E-state index in [-0.39, 0.29) is 5.91 Å². The van der Waals surface area contributed by atoms with Gasteiger partial charge in [0.15, 0.2) is 0 Å². The van der Waals surface area contributed by atoms with Gasteiger partial charge in [0.2, 0.25) is 0 Å². The Morgan fingerprint density at radius 3 is 2.82 bits per heavy atom. The van der Waals surface area contributed by atoms with Crippen molar-refractivity contribution in [1.82, 2.24) is 25.3 Å². The van der Waals surface area contributed by atoms with Gasteiger partial charge in [-0.3, -0.25) is 14.8 Å². The third-order valence-corrected chi connectivity index (χ3v) is 7.11. The molecule has 0 saturated carbocycles. The van der Waals surface area contributed by atoms with E-state index >= 15 is 0 Å². The van der Waals surface area contributed by atoms with Crippen molar-refractivity contribution in [1.29, 1.82) is 0 Å². The molecule has 0 spiro atoms. The van der Waals surface area contributed by atoms with Crippen LogP contribution in [0.5, 0.6) is 0 Å². The van der Waals surface area contributed by atoms with Gasteiger partial charge in [-0.1, -0.05) is 12.1 Å². The average Bonchev–Trinajstić information content (AvgIpc) is 3.40. The maximum Gasteiger partial charge on any atom is 0.253 e. The Balaban J connectivity index is 1.26. The van der Waals surface area contributed by atoms with Crippen LogP contribution < -0.4 is 16.4 Å². The second-order valence-electron chi connectivity index (χ2n) is 9.62. The Kier molecular flexibility index (Phi) is 6.58. The first-order valence-corrected chi connectivity index (χ1v) is 12.8. The van der Waals surface area contributed by atoms with E-state index < -0.39 is 0 Å². The topological polar surface area (TPSA) is 131 Å². The molecule has 1 aromatic carbocycles. The van der Waals surface area contributed by atoms with Crippen molar-refractivity contribution in [3.63, 3.8) is 0 Å². The zero-order valence-electron chi connectivity index (χ0n) is 20.9. The Morgan fingerprint density at radius 1 is 1.08 bits per heavy atom. The summed E-state index contributed by atoms with van der Waals surface area (Å²) in [6.07, 6.45) is 10.8. The van der Waals surface area contributed by atoms with Crippen LogP contribution in [0.4, 0.5) is 11.4 Å². The first-order chi connectivity index (χ1) is 18.7. The largest absolute Gasteiger partial charge is 0.396 e. The number of hydrogen-bond donors (Lipinski definition) is 4. The highest BCUT2D eigenvalue weighted by atomic mass is 16.5. The van der Waals surface area contributed by atoms with Crippen LogP contribution in [0.25, 0.3) is 33.1 Å². The minimum Gasteiger partial charge on any atom is -0.396 e. The van der Waals surface area contributed by atoms with Gasteiger partial charge < -0.3 is 26.1 Å². The smallest absolute Gasteiger partial charge is 0.253 e. The molecule has 5 heterocycles. The molecule has 0 radical (unpaired) electrons. The summed E-state index contributed by atoms with van der Waals surface area (Å²) >= 11 is 0. The van der Waals surface area contributed by atoms with Crippen molar-refractivity contribution < 1.29 is 9.53 Å². The zero-order valence-corrected chi connectivity index (χ0v) is 20.9. The predicted octanol–water partition coefficient (Wildman–Crippen LogP) is 4.52. The Labute approximate surface area is 219 Å². The Morgan fingerprint density at radius 2 is 1.97 bits per heavy atom. The summed E-state index contributed by atoms with van der Waals surface area (Å²) in [7, 11) is 0. The summed E-state index contributed by atoms with van der Waals surface area (Å²) in [6, 6.07) is 11.7. The number of anilines is 2. The fourth-order valence-corrected chi connectivity index (χ4v) is 4.88. The molecule has 38 heavy (non-hydrogen) atoms. The van der Waals surface area contributed by atoms with E-state index in [1.165, 1.54) is 0 Å². The summed E-state index contributed by atoms with van der Waals surface area (Å²) < 4.78 is 5.47. The fraction of sp³-hybridized carbons (Fsp3) is 0.241. The van der Waals surface area contributed by atoms with Crippen molar-refractivity contribution >= 4 is 39.2 Å². The molecule has 6 rings (SSSR count). The van der Waals surface area contributed by atoms with Crippen molar-refractivity contribution in [2.24, 2.45) is 5.92 Å². The van der Waals surface area contributed by atoms with Crippen LogP contribution in [0.1, 0.15) is 28.8 Å². The van der Waals surface area contributed by atoms with Gasteiger partial charge in [-0.25, -0.2) is 4.98 Å². The molecule has 1 saturated heterocycles. The number of nitrogen functional groups attached to an aromatic ring is 1. The molecular formula is C29H29N7O2. The molecule has 0 bridgehead atoms. The maximum absolute atomic E-state index is 12.8. The van der Waals surface area contributed by atoms with Gasteiger partial charge in [0, 0.05) is 67.4 Å². The molecule has 1 amide bonds. The average molecular weight is 508 g/mol. The molecule has 9 heteroatoms. The number of amides is 1. The van der Waals surface area contributed by atoms with Gasteiger partial charge >= 0.3 is 0 Å². The molecule has 0 atom stereocenters. The van der Waals surface area contributed by atoms with E-state index in [0.29, 0.717) is 29.4 Å². The first kappa shape index (κ1) is 23.9. The maximum atomic E-state index is 12.8. The number of nitrogens with two attached hydrogens (primary N) is 1. The van der Waals surface area contributed by atoms with Crippen LogP contribution in [0, 0.1) is 5.92 Å². The lowest BCUT2D eigenvalue weighted by Gasteiger charge is -2.23. The van der Waals surface area contributed by atoms with Crippen molar-refractivity contribution in [2.75, 3.05) is 30.8 Å². The number of carbonyl (C=O) groups is 1. The number of aromatic amines is 1. The van der Waals surface area contributed by atoms with E-state index in [1.54, 1.807) is 18.6 Å². The van der Waals surface area contributed by atoms with Crippen LogP contribution in [0.3, 0.4) is 0 Å². The standard InChI is InChI=1S/C29H29N7O2/c30-27-23-10-20(3-4-25(23)33-17-26(27)32-13-18-5-8-38-9-6-18)24-16-35-28-22(24)11-21(15-34-28)29(37)36-14-19-2-1-7-31-12-19/h1-4,7,10-12,15-18,32H,5-6,8-9,13-14H2,(H2,30,33)(H,34,35)(H,36,37). The number of fused-ring (bicyclic) bond motifs is 2. The molecule has 5 aromatic rings. The van der Waals surface area contributed by atoms with Crippen LogP contribution in [0.15, 0.2) is 67.4 Å². The SMILES string of the molecule is Nc1c(NCC2CCOCC2)cnc2ccc(-c3c[nH]c4ncc(C(=O)NCc5cccnc5)cc34)cc12. The third-order valence-electron chi connectivity index (χ3n) is 7.11. The van der Waals surface area contributed by atoms with Crippen molar-refractivity contribution in [3.05, 3.63) is 78.5 Å². The normalized spacial score (nSPS) is 14.1. The number of nitrogens with one attached hydrogen (secondary N) is 3. The number of rotatable bonds is 7. The Bertz CT molecular complexity index is 1590. The quantitative estimate of drug-likeness (QED) is 0.255. The number of hydrogen-bond acceptors (Lipinski definition) is 7. The minimum absolute atomic E-state index is 0.192. The highest BCUT2D eigenvalue weighted by Crippen LogP contribution is 2.34. The number of ether oxygens (including phenoxy) is 1. The molecule has 0 aliphatic carbocycles. The highest BCUT2D eigenvalue weighted by Gasteiger charge is 2.16. The number of nitrogens with zero attached hydrogens (tertiary/aromatic N) is 3. The Hall–Kier alpha value is -4.50. The summed E-state index contributed by atoms with van der Waals surface area (Å²) in [6.45, 7) is 2.87. The molecule has 4 aromatic heterocycles. The van der Waals surface area contributed by atoms with E-state index in [0.717, 1.165) is 71.3 Å². The van der Waals surface area contributed by atoms with Gasteiger partial charge in [0.05, 0.1) is 28.7 Å². The number of pyridine rings is 3. The van der Waals surface area contributed by atoms with Crippen LogP contribution in [0.2, 0.25) is 0 Å². The number of H-pyrrole nitrogens is 1. The zero-order chi connectivity index (χ0) is 25.9. The summed E-state index contributed by atoms with van der Waals surface area (Å²) in [5, 5.41) is 8.17. The third kappa shape index (κ3) is 4.88. The van der Waals surface area contributed by atoms with Crippen LogP contribution >= 0.6 is 0 Å². The minimum atomic E-state index is -0.192. The molecule has 0 unspecified atom stereocenters. The molecular weight excluding hydrogens is 478 g/mol. The molecule has 1 aliphatic heterocycles. The summed E-state index contributed by atoms with van der Waals surface area (Å²) in [4.78, 5) is 29.3. The summed E-state index contributed by atoms with van der Waals surface area (Å²) in [5.41, 5.74) is 13.0. The van der Waals surface area contributed by atoms with E-state index in [4.69, 9.17) is 10.5 Å². The number of benzene rings is 1. The molecule has 9 nitrogen and oxygen atoms in total. The first-order valence-electron chi connectivity index (χ1n) is 12.8. The lowest BCUT2D eigenvalue weighted by atomic mass is 10.00. The molecule has 1 aliphatic rings. The van der Waals surface area contributed by atoms with E-state index in [2.05, 4.69) is 36.6 Å². The van der Waals surface area contributed by atoms with E-state index in [1.807, 2.05) is 42.7 Å². The number of carbonyl (C=O) groups excluding carboxylic acids is 1. The lowest BCUT2D eigenvalue weighted by Crippen LogP contribution is -2.23. The monoisotopic (exact) mass is 507 g/mol. The second-order valence-corrected chi connectivity index (χ2v) is 9.62. The fourth-order valence-electron chi connectivity index (χ4n) is 4.88. The molecule has 1 fully saturated rings. The van der Waals surface area contributed by atoms with Gasteiger partial charge in [-0.05, 0) is 54.2 Å². The van der Waals surface area contributed by atoms with Gasteiger partial charge in [0.1, 0.15) is 5.65 Å². The highest BCUT2D eigenvalue weighted by molar-refractivity contribution is 6.04. The van der Waals surface area contributed by atoms with Crippen molar-refractivity contribution in [2.45, 2.75) is 19.4 Å². The van der Waals surface area contributed by atoms with Gasteiger partial charge in [0.25, 0.3) is 5.91 Å². The number of aromatic nitrogens is 4. The second kappa shape index (κ2) is 10.5. The lowest BCUT2D eigenvalue weighted by molar-refractivity contribution is 0.0699. The molecule has 5 N–H and O–H groups in total. The van der Waals surface area contributed by atoms with E-state index in [9.17, 15) is 4.79 Å². The van der Waals surface area contributed by atoms with Gasteiger partial charge in [-0.15, -0.1) is 0 Å². The van der Waals surface area contributed by atoms with Gasteiger partial charge in [-0.2, -0.15) is 0 Å². The predicted molar refractivity (Wildman–Crippen MR) is 149 cm³/mol. The molecule has 192 valence electrons. The summed E-state index contributed by atoms with van der Waals surface area (Å²) in [5.74, 6) is 0.377. The van der Waals surface area contributed by atoms with Crippen molar-refractivity contribution in [3.8, 4) is 11.1 Å². The van der Waals surface area contributed by atoms with Crippen LogP contribution in [-0.2, 0) is 11.3 Å². The van der Waals surface area contributed by atoms with Crippen LogP contribution in [-0.4, -0.2) is 45.6 Å².